The van der Waals surface area contributed by atoms with Crippen molar-refractivity contribution < 1.29 is 23.6 Å². The van der Waals surface area contributed by atoms with Gasteiger partial charge in [-0.1, -0.05) is 24.3 Å². The van der Waals surface area contributed by atoms with Crippen LogP contribution in [0.3, 0.4) is 0 Å². The Bertz CT molecular complexity index is 947. The minimum Gasteiger partial charge on any atom is -0.477 e. The molecule has 2 aromatic rings. The second-order valence-corrected chi connectivity index (χ2v) is 8.29. The molecule has 4 rings (SSSR count). The van der Waals surface area contributed by atoms with Gasteiger partial charge in [0.1, 0.15) is 19.4 Å². The van der Waals surface area contributed by atoms with E-state index in [1.165, 1.54) is 28.4 Å². The average molecular weight is 413 g/mol. The first-order valence-corrected chi connectivity index (χ1v) is 10.6. The van der Waals surface area contributed by atoms with Crippen molar-refractivity contribution in [3.8, 4) is 5.75 Å². The zero-order valence-corrected chi connectivity index (χ0v) is 17.6. The highest BCUT2D eigenvalue weighted by Gasteiger charge is 2.26. The Hall–Kier alpha value is -2.64. The Morgan fingerprint density at radius 2 is 1.93 bits per heavy atom. The first-order chi connectivity index (χ1) is 14.5. The third kappa shape index (κ3) is 4.91. The van der Waals surface area contributed by atoms with Gasteiger partial charge in [-0.15, -0.1) is 0 Å². The maximum atomic E-state index is 12.4. The fraction of sp³-hybridized carbons (Fsp3) is 0.478. The molecule has 1 N–H and O–H groups in total. The van der Waals surface area contributed by atoms with Crippen LogP contribution >= 0.6 is 0 Å². The van der Waals surface area contributed by atoms with Crippen LogP contribution in [0.25, 0.3) is 0 Å². The molecule has 2 aliphatic rings. The Labute approximate surface area is 176 Å². The van der Waals surface area contributed by atoms with Crippen molar-refractivity contribution in [1.29, 1.82) is 0 Å². The van der Waals surface area contributed by atoms with E-state index in [2.05, 4.69) is 24.3 Å². The molecule has 0 aliphatic carbocycles. The largest absolute Gasteiger partial charge is 0.477 e. The molecule has 1 unspecified atom stereocenters. The number of rotatable bonds is 5. The standard InChI is InChI=1S/C23H28N2O5/c1-16-10-25(11-17(2)30-16)23(27)15-29-22-14-28-20(9-21(22)26)13-24-8-7-18-5-3-4-6-19(18)12-24/h3-6,9,14,16-17H,7-8,10-13,15H2,1-2H3/p+1/t16-,17-/m1/s1. The lowest BCUT2D eigenvalue weighted by Gasteiger charge is -2.35. The van der Waals surface area contributed by atoms with Gasteiger partial charge in [-0.25, -0.2) is 0 Å². The molecule has 1 saturated heterocycles. The van der Waals surface area contributed by atoms with Crippen LogP contribution in [0.1, 0.15) is 30.7 Å². The van der Waals surface area contributed by atoms with Gasteiger partial charge in [-0.3, -0.25) is 9.59 Å². The van der Waals surface area contributed by atoms with Gasteiger partial charge in [-0.05, 0) is 19.4 Å². The molecule has 0 spiro atoms. The summed E-state index contributed by atoms with van der Waals surface area (Å²) in [4.78, 5) is 27.9. The summed E-state index contributed by atoms with van der Waals surface area (Å²) >= 11 is 0. The molecular weight excluding hydrogens is 384 g/mol. The lowest BCUT2D eigenvalue weighted by Crippen LogP contribution is -3.10. The summed E-state index contributed by atoms with van der Waals surface area (Å²) in [5.74, 6) is 0.543. The molecule has 0 saturated carbocycles. The van der Waals surface area contributed by atoms with E-state index in [-0.39, 0.29) is 35.9 Å². The molecule has 0 radical (unpaired) electrons. The van der Waals surface area contributed by atoms with Gasteiger partial charge in [0.2, 0.25) is 11.2 Å². The van der Waals surface area contributed by atoms with E-state index in [1.807, 2.05) is 13.8 Å². The molecule has 0 bridgehead atoms. The van der Waals surface area contributed by atoms with E-state index in [4.69, 9.17) is 13.9 Å². The number of nitrogens with one attached hydrogen (secondary N) is 1. The van der Waals surface area contributed by atoms with Gasteiger partial charge in [0.25, 0.3) is 5.91 Å². The minimum atomic E-state index is -0.260. The molecule has 3 heterocycles. The highest BCUT2D eigenvalue weighted by molar-refractivity contribution is 5.77. The van der Waals surface area contributed by atoms with Crippen molar-refractivity contribution in [3.05, 3.63) is 63.7 Å². The number of benzene rings is 1. The summed E-state index contributed by atoms with van der Waals surface area (Å²) in [6.45, 7) is 7.32. The van der Waals surface area contributed by atoms with Gasteiger partial charge in [-0.2, -0.15) is 0 Å². The van der Waals surface area contributed by atoms with Crippen LogP contribution < -0.4 is 15.1 Å². The summed E-state index contributed by atoms with van der Waals surface area (Å²) in [6.07, 6.45) is 2.34. The quantitative estimate of drug-likeness (QED) is 0.785. The molecule has 3 atom stereocenters. The number of hydrogen-bond donors (Lipinski definition) is 1. The predicted molar refractivity (Wildman–Crippen MR) is 110 cm³/mol. The van der Waals surface area contributed by atoms with Crippen LogP contribution in [0.5, 0.6) is 5.75 Å². The van der Waals surface area contributed by atoms with E-state index < -0.39 is 0 Å². The average Bonchev–Trinajstić information content (AvgIpc) is 2.72. The van der Waals surface area contributed by atoms with Crippen LogP contribution in [0, 0.1) is 0 Å². The number of carbonyl (C=O) groups excluding carboxylic acids is 1. The molecule has 2 aliphatic heterocycles. The van der Waals surface area contributed by atoms with Crippen molar-refractivity contribution in [2.75, 3.05) is 26.2 Å². The second kappa shape index (κ2) is 9.02. The van der Waals surface area contributed by atoms with Crippen molar-refractivity contribution in [1.82, 2.24) is 4.90 Å². The Kier molecular flexibility index (Phi) is 6.20. The van der Waals surface area contributed by atoms with Crippen molar-refractivity contribution >= 4 is 5.91 Å². The lowest BCUT2D eigenvalue weighted by atomic mass is 10.00. The number of quaternary nitrogens is 1. The predicted octanol–water partition coefficient (Wildman–Crippen LogP) is 0.796. The van der Waals surface area contributed by atoms with Gasteiger partial charge >= 0.3 is 0 Å². The summed E-state index contributed by atoms with van der Waals surface area (Å²) in [6, 6.07) is 9.96. The second-order valence-electron chi connectivity index (χ2n) is 8.29. The van der Waals surface area contributed by atoms with E-state index in [0.29, 0.717) is 25.4 Å². The maximum absolute atomic E-state index is 12.4. The Morgan fingerprint density at radius 1 is 1.20 bits per heavy atom. The number of fused-ring (bicyclic) bond motifs is 1. The van der Waals surface area contributed by atoms with E-state index in [1.54, 1.807) is 4.90 Å². The van der Waals surface area contributed by atoms with Crippen LogP contribution in [0.4, 0.5) is 0 Å². The minimum absolute atomic E-state index is 0.00805. The lowest BCUT2D eigenvalue weighted by molar-refractivity contribution is -0.930. The van der Waals surface area contributed by atoms with Gasteiger partial charge in [0.15, 0.2) is 12.4 Å². The zero-order valence-electron chi connectivity index (χ0n) is 17.6. The van der Waals surface area contributed by atoms with Crippen molar-refractivity contribution in [2.45, 2.75) is 45.6 Å². The first-order valence-electron chi connectivity index (χ1n) is 10.6. The Morgan fingerprint density at radius 3 is 2.67 bits per heavy atom. The maximum Gasteiger partial charge on any atom is 0.260 e. The number of morpholine rings is 1. The molecule has 160 valence electrons. The molecule has 1 fully saturated rings. The molecule has 1 aromatic carbocycles. The molecule has 7 nitrogen and oxygen atoms in total. The van der Waals surface area contributed by atoms with Crippen molar-refractivity contribution in [2.24, 2.45) is 0 Å². The molecule has 1 aromatic heterocycles. The van der Waals surface area contributed by atoms with Gasteiger partial charge in [0.05, 0.1) is 18.8 Å². The molecule has 1 amide bonds. The van der Waals surface area contributed by atoms with Crippen molar-refractivity contribution in [3.63, 3.8) is 0 Å². The van der Waals surface area contributed by atoms with Crippen LogP contribution in [-0.4, -0.2) is 49.3 Å². The number of amides is 1. The summed E-state index contributed by atoms with van der Waals surface area (Å²) in [5.41, 5.74) is 2.50. The third-order valence-electron chi connectivity index (χ3n) is 5.71. The number of nitrogens with zero attached hydrogens (tertiary/aromatic N) is 1. The summed E-state index contributed by atoms with van der Waals surface area (Å²) < 4.78 is 16.8. The number of hydrogen-bond acceptors (Lipinski definition) is 5. The molecular formula is C23H29N2O5+. The van der Waals surface area contributed by atoms with Gasteiger partial charge in [0, 0.05) is 31.1 Å². The van der Waals surface area contributed by atoms with Crippen LogP contribution in [0.15, 0.2) is 45.8 Å². The van der Waals surface area contributed by atoms with E-state index in [0.717, 1.165) is 19.5 Å². The zero-order chi connectivity index (χ0) is 21.1. The topological polar surface area (TPSA) is 73.4 Å². The first kappa shape index (κ1) is 20.6. The fourth-order valence-corrected chi connectivity index (χ4v) is 4.29. The fourth-order valence-electron chi connectivity index (χ4n) is 4.29. The SMILES string of the molecule is C[C@@H]1CN(C(=O)COc2coc(C[NH+]3CCc4ccccc4C3)cc2=O)C[C@@H](C)O1. The van der Waals surface area contributed by atoms with Gasteiger partial charge < -0.3 is 23.7 Å². The summed E-state index contributed by atoms with van der Waals surface area (Å²) in [7, 11) is 0. The highest BCUT2D eigenvalue weighted by Crippen LogP contribution is 2.13. The Balaban J connectivity index is 1.32. The third-order valence-corrected chi connectivity index (χ3v) is 5.71. The highest BCUT2D eigenvalue weighted by atomic mass is 16.5. The molecule has 30 heavy (non-hydrogen) atoms. The monoisotopic (exact) mass is 413 g/mol. The van der Waals surface area contributed by atoms with E-state index >= 15 is 0 Å². The van der Waals surface area contributed by atoms with Crippen LogP contribution in [-0.2, 0) is 29.0 Å². The summed E-state index contributed by atoms with van der Waals surface area (Å²) in [5, 5.41) is 0. The number of ether oxygens (including phenoxy) is 2. The van der Waals surface area contributed by atoms with E-state index in [9.17, 15) is 9.59 Å². The van der Waals surface area contributed by atoms with Crippen LogP contribution in [0.2, 0.25) is 0 Å². The molecule has 7 heteroatoms. The smallest absolute Gasteiger partial charge is 0.260 e. The number of carbonyl (C=O) groups is 1. The normalized spacial score (nSPS) is 23.7.